The maximum Gasteiger partial charge on any atom is 0.410 e. The zero-order chi connectivity index (χ0) is 20.8. The van der Waals surface area contributed by atoms with Gasteiger partial charge in [0.15, 0.2) is 0 Å². The molecule has 1 unspecified atom stereocenters. The van der Waals surface area contributed by atoms with Crippen LogP contribution in [0.3, 0.4) is 0 Å². The molecule has 4 rings (SSSR count). The van der Waals surface area contributed by atoms with Gasteiger partial charge in [-0.25, -0.2) is 4.79 Å². The van der Waals surface area contributed by atoms with Crippen molar-refractivity contribution in [3.63, 3.8) is 0 Å². The third-order valence-electron chi connectivity index (χ3n) is 5.55. The Hall–Kier alpha value is -3.06. The predicted octanol–water partition coefficient (Wildman–Crippen LogP) is 2.37. The number of hydrogen-bond donors (Lipinski definition) is 0. The van der Waals surface area contributed by atoms with Crippen LogP contribution in [0.25, 0.3) is 0 Å². The topological polar surface area (TPSA) is 62.3 Å². The third kappa shape index (κ3) is 4.74. The van der Waals surface area contributed by atoms with Gasteiger partial charge in [-0.05, 0) is 17.7 Å². The van der Waals surface area contributed by atoms with Gasteiger partial charge in [-0.15, -0.1) is 0 Å². The lowest BCUT2D eigenvalue weighted by molar-refractivity contribution is -0.140. The second-order valence-electron chi connectivity index (χ2n) is 7.47. The van der Waals surface area contributed by atoms with Crippen molar-refractivity contribution >= 4 is 17.7 Å². The van der Waals surface area contributed by atoms with Gasteiger partial charge < -0.3 is 19.3 Å². The van der Waals surface area contributed by atoms with Crippen molar-refractivity contribution in [3.8, 4) is 0 Å². The maximum atomic E-state index is 13.3. The SMILES string of the molecule is O=C(C1CN(c2ccccc2)CCN1C(=O)OCc1ccccc1)N1CCOCC1. The fourth-order valence-corrected chi connectivity index (χ4v) is 3.88. The number of rotatable bonds is 4. The second kappa shape index (κ2) is 9.63. The normalized spacial score (nSPS) is 19.5. The van der Waals surface area contributed by atoms with E-state index in [1.165, 1.54) is 0 Å². The largest absolute Gasteiger partial charge is 0.445 e. The van der Waals surface area contributed by atoms with Crippen LogP contribution in [0.2, 0.25) is 0 Å². The van der Waals surface area contributed by atoms with Crippen molar-refractivity contribution in [1.29, 1.82) is 0 Å². The van der Waals surface area contributed by atoms with Gasteiger partial charge in [-0.1, -0.05) is 48.5 Å². The van der Waals surface area contributed by atoms with Gasteiger partial charge in [0.1, 0.15) is 12.6 Å². The van der Waals surface area contributed by atoms with Gasteiger partial charge in [-0.3, -0.25) is 9.69 Å². The van der Waals surface area contributed by atoms with E-state index >= 15 is 0 Å². The molecular weight excluding hydrogens is 382 g/mol. The molecule has 7 nitrogen and oxygen atoms in total. The predicted molar refractivity (Wildman–Crippen MR) is 113 cm³/mol. The quantitative estimate of drug-likeness (QED) is 0.776. The standard InChI is InChI=1S/C23H27N3O4/c27-22(24-13-15-29-16-14-24)21-17-25(20-9-5-2-6-10-20)11-12-26(21)23(28)30-18-19-7-3-1-4-8-19/h1-10,21H,11-18H2. The molecule has 0 saturated carbocycles. The summed E-state index contributed by atoms with van der Waals surface area (Å²) in [6.07, 6.45) is -0.446. The Morgan fingerprint density at radius 1 is 0.900 bits per heavy atom. The molecule has 0 aliphatic carbocycles. The minimum Gasteiger partial charge on any atom is -0.445 e. The fraction of sp³-hybridized carbons (Fsp3) is 0.391. The highest BCUT2D eigenvalue weighted by Crippen LogP contribution is 2.21. The highest BCUT2D eigenvalue weighted by molar-refractivity contribution is 5.87. The summed E-state index contributed by atoms with van der Waals surface area (Å²) in [4.78, 5) is 31.7. The van der Waals surface area contributed by atoms with Crippen LogP contribution in [-0.2, 0) is 20.9 Å². The first-order valence-corrected chi connectivity index (χ1v) is 10.4. The van der Waals surface area contributed by atoms with E-state index in [4.69, 9.17) is 9.47 Å². The monoisotopic (exact) mass is 409 g/mol. The summed E-state index contributed by atoms with van der Waals surface area (Å²) < 4.78 is 10.9. The van der Waals surface area contributed by atoms with Crippen LogP contribution in [0.15, 0.2) is 60.7 Å². The molecule has 2 amide bonds. The minimum atomic E-state index is -0.583. The van der Waals surface area contributed by atoms with Crippen LogP contribution in [0.1, 0.15) is 5.56 Å². The van der Waals surface area contributed by atoms with Gasteiger partial charge in [0.2, 0.25) is 5.91 Å². The summed E-state index contributed by atoms with van der Waals surface area (Å²) in [5, 5.41) is 0. The number of anilines is 1. The molecule has 1 atom stereocenters. The van der Waals surface area contributed by atoms with E-state index in [1.807, 2.05) is 60.7 Å². The lowest BCUT2D eigenvalue weighted by atomic mass is 10.1. The van der Waals surface area contributed by atoms with Crippen molar-refractivity contribution in [2.75, 3.05) is 50.8 Å². The molecule has 0 spiro atoms. The van der Waals surface area contributed by atoms with Crippen molar-refractivity contribution in [3.05, 3.63) is 66.2 Å². The Kier molecular flexibility index (Phi) is 6.49. The second-order valence-corrected chi connectivity index (χ2v) is 7.47. The van der Waals surface area contributed by atoms with Crippen molar-refractivity contribution < 1.29 is 19.1 Å². The lowest BCUT2D eigenvalue weighted by Gasteiger charge is -2.43. The maximum absolute atomic E-state index is 13.3. The lowest BCUT2D eigenvalue weighted by Crippen LogP contribution is -2.62. The van der Waals surface area contributed by atoms with E-state index in [9.17, 15) is 9.59 Å². The zero-order valence-corrected chi connectivity index (χ0v) is 17.0. The Labute approximate surface area is 176 Å². The Balaban J connectivity index is 1.48. The molecule has 30 heavy (non-hydrogen) atoms. The number of hydrogen-bond acceptors (Lipinski definition) is 5. The number of carbonyl (C=O) groups is 2. The number of ether oxygens (including phenoxy) is 2. The number of piperazine rings is 1. The molecule has 2 saturated heterocycles. The highest BCUT2D eigenvalue weighted by atomic mass is 16.6. The van der Waals surface area contributed by atoms with Crippen molar-refractivity contribution in [1.82, 2.24) is 9.80 Å². The first-order valence-electron chi connectivity index (χ1n) is 10.4. The number of morpholine rings is 1. The smallest absolute Gasteiger partial charge is 0.410 e. The number of para-hydroxylation sites is 1. The van der Waals surface area contributed by atoms with Gasteiger partial charge >= 0.3 is 6.09 Å². The van der Waals surface area contributed by atoms with Gasteiger partial charge in [-0.2, -0.15) is 0 Å². The summed E-state index contributed by atoms with van der Waals surface area (Å²) >= 11 is 0. The van der Waals surface area contributed by atoms with E-state index in [0.717, 1.165) is 11.3 Å². The van der Waals surface area contributed by atoms with Crippen LogP contribution >= 0.6 is 0 Å². The first kappa shape index (κ1) is 20.2. The third-order valence-corrected chi connectivity index (χ3v) is 5.55. The molecule has 0 N–H and O–H groups in total. The van der Waals surface area contributed by atoms with Crippen LogP contribution < -0.4 is 4.90 Å². The fourth-order valence-electron chi connectivity index (χ4n) is 3.88. The van der Waals surface area contributed by atoms with Crippen molar-refractivity contribution in [2.24, 2.45) is 0 Å². The summed E-state index contributed by atoms with van der Waals surface area (Å²) in [5.74, 6) is -0.0457. The minimum absolute atomic E-state index is 0.0457. The molecule has 2 aliphatic heterocycles. The summed E-state index contributed by atoms with van der Waals surface area (Å²) in [7, 11) is 0. The Morgan fingerprint density at radius 2 is 1.57 bits per heavy atom. The molecule has 2 aromatic carbocycles. The zero-order valence-electron chi connectivity index (χ0n) is 17.0. The summed E-state index contributed by atoms with van der Waals surface area (Å²) in [6.45, 7) is 3.87. The average Bonchev–Trinajstić information content (AvgIpc) is 2.83. The number of carbonyl (C=O) groups excluding carboxylic acids is 2. The van der Waals surface area contributed by atoms with Gasteiger partial charge in [0.25, 0.3) is 0 Å². The van der Waals surface area contributed by atoms with E-state index in [0.29, 0.717) is 45.9 Å². The van der Waals surface area contributed by atoms with Crippen molar-refractivity contribution in [2.45, 2.75) is 12.6 Å². The Morgan fingerprint density at radius 3 is 2.27 bits per heavy atom. The molecule has 2 heterocycles. The molecule has 2 aromatic rings. The molecule has 158 valence electrons. The van der Waals surface area contributed by atoms with Crippen LogP contribution in [0.4, 0.5) is 10.5 Å². The highest BCUT2D eigenvalue weighted by Gasteiger charge is 2.38. The van der Waals surface area contributed by atoms with E-state index < -0.39 is 12.1 Å². The molecule has 0 radical (unpaired) electrons. The molecule has 0 aromatic heterocycles. The van der Waals surface area contributed by atoms with Gasteiger partial charge in [0, 0.05) is 38.4 Å². The Bertz CT molecular complexity index is 840. The summed E-state index contributed by atoms with van der Waals surface area (Å²) in [5.41, 5.74) is 1.97. The molecular formula is C23H27N3O4. The van der Waals surface area contributed by atoms with Crippen LogP contribution in [0.5, 0.6) is 0 Å². The molecule has 2 fully saturated rings. The van der Waals surface area contributed by atoms with Crippen LogP contribution in [0, 0.1) is 0 Å². The molecule has 2 aliphatic rings. The van der Waals surface area contributed by atoms with Gasteiger partial charge in [0.05, 0.1) is 13.2 Å². The first-order chi connectivity index (χ1) is 14.7. The summed E-state index contributed by atoms with van der Waals surface area (Å²) in [6, 6.07) is 19.0. The van der Waals surface area contributed by atoms with E-state index in [2.05, 4.69) is 4.90 Å². The number of nitrogens with zero attached hydrogens (tertiary/aromatic N) is 3. The number of amides is 2. The molecule has 7 heteroatoms. The van der Waals surface area contributed by atoms with E-state index in [-0.39, 0.29) is 12.5 Å². The molecule has 0 bridgehead atoms. The van der Waals surface area contributed by atoms with Crippen LogP contribution in [-0.4, -0.2) is 73.8 Å². The van der Waals surface area contributed by atoms with E-state index in [1.54, 1.807) is 9.80 Å². The number of benzene rings is 2. The average molecular weight is 409 g/mol.